The summed E-state index contributed by atoms with van der Waals surface area (Å²) >= 11 is 0. The van der Waals surface area contributed by atoms with Crippen LogP contribution >= 0.6 is 0 Å². The molecule has 0 bridgehead atoms. The molecule has 0 unspecified atom stereocenters. The maximum absolute atomic E-state index is 12.4. The van der Waals surface area contributed by atoms with Crippen LogP contribution in [0.1, 0.15) is 25.3 Å². The second kappa shape index (κ2) is 10.9. The van der Waals surface area contributed by atoms with Crippen LogP contribution in [0.15, 0.2) is 47.4 Å². The third-order valence-corrected chi connectivity index (χ3v) is 5.97. The van der Waals surface area contributed by atoms with Crippen molar-refractivity contribution in [2.45, 2.75) is 24.7 Å². The average Bonchev–Trinajstić information content (AvgIpc) is 2.76. The molecule has 2 rings (SSSR count). The second-order valence-corrected chi connectivity index (χ2v) is 9.38. The highest BCUT2D eigenvalue weighted by molar-refractivity contribution is 7.89. The zero-order valence-electron chi connectivity index (χ0n) is 18.7. The molecule has 0 radical (unpaired) electrons. The molecular formula is C21H26N4O7S. The van der Waals surface area contributed by atoms with Gasteiger partial charge in [-0.1, -0.05) is 26.0 Å². The average molecular weight is 479 g/mol. The Morgan fingerprint density at radius 3 is 2.30 bits per heavy atom. The molecule has 2 N–H and O–H groups in total. The highest BCUT2D eigenvalue weighted by Gasteiger charge is 2.23. The van der Waals surface area contributed by atoms with E-state index in [0.29, 0.717) is 11.6 Å². The number of nitro groups is 1. The van der Waals surface area contributed by atoms with Gasteiger partial charge in [-0.2, -0.15) is 4.72 Å². The smallest absolute Gasteiger partial charge is 0.321 e. The van der Waals surface area contributed by atoms with Crippen molar-refractivity contribution in [3.8, 4) is 0 Å². The predicted molar refractivity (Wildman–Crippen MR) is 123 cm³/mol. The molecule has 0 atom stereocenters. The summed E-state index contributed by atoms with van der Waals surface area (Å²) < 4.78 is 31.6. The molecule has 0 spiro atoms. The van der Waals surface area contributed by atoms with Crippen molar-refractivity contribution in [2.75, 3.05) is 37.5 Å². The minimum atomic E-state index is -4.23. The lowest BCUT2D eigenvalue weighted by Gasteiger charge is -2.14. The lowest BCUT2D eigenvalue weighted by molar-refractivity contribution is -0.384. The molecule has 11 nitrogen and oxygen atoms in total. The van der Waals surface area contributed by atoms with Crippen molar-refractivity contribution in [1.29, 1.82) is 0 Å². The topological polar surface area (TPSA) is 148 Å². The standard InChI is InChI=1S/C21H26N4O7S/c1-14(2)15-5-7-16(8-6-15)23-20(26)13-32-21(27)12-22-33(30,31)17-9-10-18(24(3)4)19(11-17)25(28)29/h5-11,14,22H,12-13H2,1-4H3,(H,23,26). The molecular weight excluding hydrogens is 452 g/mol. The molecule has 33 heavy (non-hydrogen) atoms. The van der Waals surface area contributed by atoms with Crippen LogP contribution in [0, 0.1) is 10.1 Å². The number of amides is 1. The molecule has 2 aromatic carbocycles. The molecule has 178 valence electrons. The summed E-state index contributed by atoms with van der Waals surface area (Å²) in [4.78, 5) is 35.5. The van der Waals surface area contributed by atoms with E-state index in [1.54, 1.807) is 26.2 Å². The Hall–Kier alpha value is -3.51. The van der Waals surface area contributed by atoms with Crippen molar-refractivity contribution in [1.82, 2.24) is 4.72 Å². The summed E-state index contributed by atoms with van der Waals surface area (Å²) in [5.74, 6) is -1.22. The quantitative estimate of drug-likeness (QED) is 0.300. The zero-order chi connectivity index (χ0) is 24.8. The Morgan fingerprint density at radius 2 is 1.76 bits per heavy atom. The number of anilines is 2. The second-order valence-electron chi connectivity index (χ2n) is 7.61. The number of benzene rings is 2. The van der Waals surface area contributed by atoms with Gasteiger partial charge in [-0.25, -0.2) is 8.42 Å². The predicted octanol–water partition coefficient (Wildman–Crippen LogP) is 2.24. The zero-order valence-corrected chi connectivity index (χ0v) is 19.5. The minimum absolute atomic E-state index is 0.225. The number of sulfonamides is 1. The van der Waals surface area contributed by atoms with E-state index in [-0.39, 0.29) is 10.6 Å². The number of rotatable bonds is 10. The first-order valence-electron chi connectivity index (χ1n) is 9.91. The molecule has 0 aliphatic carbocycles. The minimum Gasteiger partial charge on any atom is -0.455 e. The number of nitro benzene ring substituents is 1. The van der Waals surface area contributed by atoms with Crippen molar-refractivity contribution in [2.24, 2.45) is 0 Å². The van der Waals surface area contributed by atoms with Gasteiger partial charge in [0, 0.05) is 25.8 Å². The van der Waals surface area contributed by atoms with Crippen LogP contribution in [0.25, 0.3) is 0 Å². The number of nitrogens with one attached hydrogen (secondary N) is 2. The fourth-order valence-electron chi connectivity index (χ4n) is 2.78. The van der Waals surface area contributed by atoms with E-state index in [1.165, 1.54) is 17.0 Å². The highest BCUT2D eigenvalue weighted by Crippen LogP contribution is 2.29. The molecule has 2 aromatic rings. The van der Waals surface area contributed by atoms with E-state index in [0.717, 1.165) is 11.6 Å². The molecule has 0 heterocycles. The first-order valence-corrected chi connectivity index (χ1v) is 11.4. The van der Waals surface area contributed by atoms with Crippen LogP contribution in [0.5, 0.6) is 0 Å². The maximum Gasteiger partial charge on any atom is 0.321 e. The third-order valence-electron chi connectivity index (χ3n) is 4.57. The van der Waals surface area contributed by atoms with Crippen molar-refractivity contribution >= 4 is 39.0 Å². The first-order chi connectivity index (χ1) is 15.4. The van der Waals surface area contributed by atoms with Gasteiger partial charge in [0.1, 0.15) is 12.2 Å². The summed E-state index contributed by atoms with van der Waals surface area (Å²) in [6, 6.07) is 10.6. The van der Waals surface area contributed by atoms with Gasteiger partial charge in [-0.05, 0) is 35.7 Å². The third kappa shape index (κ3) is 7.26. The summed E-state index contributed by atoms with van der Waals surface area (Å²) in [5.41, 5.74) is 1.46. The van der Waals surface area contributed by atoms with E-state index >= 15 is 0 Å². The summed E-state index contributed by atoms with van der Waals surface area (Å²) in [5, 5.41) is 13.8. The van der Waals surface area contributed by atoms with Gasteiger partial charge in [-0.15, -0.1) is 0 Å². The number of hydrogen-bond acceptors (Lipinski definition) is 8. The molecule has 12 heteroatoms. The van der Waals surface area contributed by atoms with Crippen LogP contribution in [0.4, 0.5) is 17.1 Å². The van der Waals surface area contributed by atoms with E-state index in [1.807, 2.05) is 30.7 Å². The van der Waals surface area contributed by atoms with E-state index in [4.69, 9.17) is 4.74 Å². The van der Waals surface area contributed by atoms with Crippen LogP contribution in [0.2, 0.25) is 0 Å². The Kier molecular flexibility index (Phi) is 8.49. The monoisotopic (exact) mass is 478 g/mol. The number of carbonyl (C=O) groups excluding carboxylic acids is 2. The number of esters is 1. The van der Waals surface area contributed by atoms with Crippen molar-refractivity contribution in [3.05, 3.63) is 58.1 Å². The summed E-state index contributed by atoms with van der Waals surface area (Å²) in [6.45, 7) is 2.74. The SMILES string of the molecule is CC(C)c1ccc(NC(=O)COC(=O)CNS(=O)(=O)c2ccc(N(C)C)c([N+](=O)[O-])c2)cc1. The summed E-state index contributed by atoms with van der Waals surface area (Å²) in [6.07, 6.45) is 0. The normalized spacial score (nSPS) is 11.2. The molecule has 0 saturated heterocycles. The van der Waals surface area contributed by atoms with Gasteiger partial charge in [0.2, 0.25) is 10.0 Å². The Labute approximate surface area is 191 Å². The van der Waals surface area contributed by atoms with Gasteiger partial charge in [0.25, 0.3) is 11.6 Å². The van der Waals surface area contributed by atoms with Crippen molar-refractivity contribution in [3.63, 3.8) is 0 Å². The first kappa shape index (κ1) is 25.7. The fraction of sp³-hybridized carbons (Fsp3) is 0.333. The van der Waals surface area contributed by atoms with Gasteiger partial charge in [0.15, 0.2) is 6.61 Å². The van der Waals surface area contributed by atoms with E-state index in [9.17, 15) is 28.1 Å². The maximum atomic E-state index is 12.4. The van der Waals surface area contributed by atoms with Gasteiger partial charge >= 0.3 is 5.97 Å². The van der Waals surface area contributed by atoms with Gasteiger partial charge < -0.3 is 15.0 Å². The Morgan fingerprint density at radius 1 is 1.12 bits per heavy atom. The van der Waals surface area contributed by atoms with Crippen LogP contribution in [-0.2, 0) is 24.3 Å². The molecule has 1 amide bonds. The highest BCUT2D eigenvalue weighted by atomic mass is 32.2. The Balaban J connectivity index is 1.91. The lowest BCUT2D eigenvalue weighted by atomic mass is 10.0. The molecule has 0 aromatic heterocycles. The van der Waals surface area contributed by atoms with Crippen LogP contribution in [0.3, 0.4) is 0 Å². The Bertz CT molecular complexity index is 1130. The summed E-state index contributed by atoms with van der Waals surface area (Å²) in [7, 11) is -1.06. The lowest BCUT2D eigenvalue weighted by Crippen LogP contribution is -2.32. The largest absolute Gasteiger partial charge is 0.455 e. The van der Waals surface area contributed by atoms with E-state index < -0.39 is 45.7 Å². The number of nitrogens with zero attached hydrogens (tertiary/aromatic N) is 2. The molecule has 0 aliphatic rings. The number of ether oxygens (including phenoxy) is 1. The van der Waals surface area contributed by atoms with Crippen LogP contribution in [-0.4, -0.2) is 52.5 Å². The van der Waals surface area contributed by atoms with Gasteiger partial charge in [-0.3, -0.25) is 19.7 Å². The molecule has 0 fully saturated rings. The number of hydrogen-bond donors (Lipinski definition) is 2. The van der Waals surface area contributed by atoms with E-state index in [2.05, 4.69) is 5.32 Å². The van der Waals surface area contributed by atoms with Crippen LogP contribution < -0.4 is 14.9 Å². The molecule has 0 aliphatic heterocycles. The van der Waals surface area contributed by atoms with Gasteiger partial charge in [0.05, 0.1) is 9.82 Å². The molecule has 0 saturated carbocycles. The van der Waals surface area contributed by atoms with Crippen molar-refractivity contribution < 1.29 is 27.7 Å². The fourth-order valence-corrected chi connectivity index (χ4v) is 3.77. The number of carbonyl (C=O) groups is 2.